The summed E-state index contributed by atoms with van der Waals surface area (Å²) < 4.78 is 4.73. The zero-order valence-electron chi connectivity index (χ0n) is 11.7. The van der Waals surface area contributed by atoms with Gasteiger partial charge in [0.2, 0.25) is 0 Å². The highest BCUT2D eigenvalue weighted by molar-refractivity contribution is 7.80. The van der Waals surface area contributed by atoms with Gasteiger partial charge in [-0.05, 0) is 36.5 Å². The molecule has 1 aliphatic rings. The van der Waals surface area contributed by atoms with Crippen LogP contribution in [0.2, 0.25) is 0 Å². The minimum Gasteiger partial charge on any atom is -0.868 e. The average molecular weight is 322 g/mol. The summed E-state index contributed by atoms with van der Waals surface area (Å²) in [5.74, 6) is -1.33. The molecule has 1 aromatic rings. The standard InChI is InChI=1S/C13H13N3O5S/c1-6-10(12(18)21-2)11(15-13(22)14-6)7-3-4-8(16(19)20)9(17)5-7/h3-5,11,17H,1-2H3,(H2,14,15,22)/p-1/t11-/m1/s1. The topological polar surface area (TPSA) is 117 Å². The number of methoxy groups -OCH3 is 1. The number of esters is 1. The van der Waals surface area contributed by atoms with Crippen molar-refractivity contribution in [3.63, 3.8) is 0 Å². The number of carbonyl (C=O) groups is 1. The van der Waals surface area contributed by atoms with Gasteiger partial charge in [0.25, 0.3) is 5.69 Å². The summed E-state index contributed by atoms with van der Waals surface area (Å²) in [5.41, 5.74) is 0.607. The Balaban J connectivity index is 2.51. The number of nitro benzene ring substituents is 1. The fourth-order valence-electron chi connectivity index (χ4n) is 2.19. The molecule has 0 amide bonds. The predicted octanol–water partition coefficient (Wildman–Crippen LogP) is 0.634. The lowest BCUT2D eigenvalue weighted by molar-refractivity contribution is -0.398. The number of thiocarbonyl (C=S) groups is 1. The van der Waals surface area contributed by atoms with E-state index in [1.165, 1.54) is 13.2 Å². The third-order valence-corrected chi connectivity index (χ3v) is 3.41. The maximum atomic E-state index is 11.9. The van der Waals surface area contributed by atoms with E-state index in [4.69, 9.17) is 17.0 Å². The van der Waals surface area contributed by atoms with Crippen LogP contribution in [-0.4, -0.2) is 23.1 Å². The number of allylic oxidation sites excluding steroid dienone is 1. The number of benzene rings is 1. The second-order valence-electron chi connectivity index (χ2n) is 4.55. The minimum atomic E-state index is -0.755. The Morgan fingerprint density at radius 3 is 2.68 bits per heavy atom. The summed E-state index contributed by atoms with van der Waals surface area (Å²) in [6.07, 6.45) is 0. The van der Waals surface area contributed by atoms with Crippen LogP contribution in [0.25, 0.3) is 0 Å². The van der Waals surface area contributed by atoms with Crippen molar-refractivity contribution < 1.29 is 19.6 Å². The van der Waals surface area contributed by atoms with Crippen LogP contribution in [0.15, 0.2) is 29.5 Å². The summed E-state index contributed by atoms with van der Waals surface area (Å²) in [5, 5.41) is 28.4. The second-order valence-corrected chi connectivity index (χ2v) is 4.95. The van der Waals surface area contributed by atoms with E-state index in [0.29, 0.717) is 11.3 Å². The molecule has 2 N–H and O–H groups in total. The quantitative estimate of drug-likeness (QED) is 0.360. The van der Waals surface area contributed by atoms with Crippen molar-refractivity contribution >= 4 is 29.0 Å². The zero-order chi connectivity index (χ0) is 16.4. The molecule has 0 aliphatic carbocycles. The SMILES string of the molecule is COC(=O)C1=C(C)NC(=S)N[C@@H]1c1ccc([N+](=O)[O-])c([O-])c1. The molecule has 0 radical (unpaired) electrons. The van der Waals surface area contributed by atoms with E-state index >= 15 is 0 Å². The summed E-state index contributed by atoms with van der Waals surface area (Å²) in [4.78, 5) is 21.9. The highest BCUT2D eigenvalue weighted by Crippen LogP contribution is 2.32. The Morgan fingerprint density at radius 1 is 1.45 bits per heavy atom. The van der Waals surface area contributed by atoms with Gasteiger partial charge in [-0.2, -0.15) is 0 Å². The van der Waals surface area contributed by atoms with E-state index in [9.17, 15) is 20.0 Å². The molecule has 1 aromatic carbocycles. The first-order chi connectivity index (χ1) is 10.3. The predicted molar refractivity (Wildman–Crippen MR) is 78.9 cm³/mol. The van der Waals surface area contributed by atoms with Crippen molar-refractivity contribution in [1.29, 1.82) is 0 Å². The fourth-order valence-corrected chi connectivity index (χ4v) is 2.46. The van der Waals surface area contributed by atoms with Crippen molar-refractivity contribution in [3.8, 4) is 5.75 Å². The molecule has 0 bridgehead atoms. The molecule has 116 valence electrons. The lowest BCUT2D eigenvalue weighted by Crippen LogP contribution is -2.45. The fraction of sp³-hybridized carbons (Fsp3) is 0.231. The molecule has 0 aromatic heterocycles. The third kappa shape index (κ3) is 2.84. The first-order valence-corrected chi connectivity index (χ1v) is 6.58. The molecule has 1 aliphatic heterocycles. The Morgan fingerprint density at radius 2 is 2.14 bits per heavy atom. The van der Waals surface area contributed by atoms with E-state index in [1.807, 2.05) is 0 Å². The van der Waals surface area contributed by atoms with E-state index in [0.717, 1.165) is 12.1 Å². The van der Waals surface area contributed by atoms with E-state index < -0.39 is 28.4 Å². The molecule has 2 rings (SSSR count). The van der Waals surface area contributed by atoms with Crippen LogP contribution in [0.1, 0.15) is 18.5 Å². The Bertz CT molecular complexity index is 701. The number of ether oxygens (including phenoxy) is 1. The number of nitrogens with zero attached hydrogens (tertiary/aromatic N) is 1. The van der Waals surface area contributed by atoms with E-state index in [2.05, 4.69) is 10.6 Å². The molecule has 0 spiro atoms. The average Bonchev–Trinajstić information content (AvgIpc) is 2.45. The number of nitro groups is 1. The number of hydrogen-bond acceptors (Lipinski definition) is 6. The second kappa shape index (κ2) is 5.98. The molecular formula is C13H12N3O5S-. The normalized spacial score (nSPS) is 17.5. The maximum Gasteiger partial charge on any atom is 0.337 e. The first kappa shape index (κ1) is 15.7. The lowest BCUT2D eigenvalue weighted by Gasteiger charge is -2.30. The van der Waals surface area contributed by atoms with Crippen molar-refractivity contribution in [2.45, 2.75) is 13.0 Å². The Labute approximate surface area is 130 Å². The summed E-state index contributed by atoms with van der Waals surface area (Å²) in [7, 11) is 1.24. The van der Waals surface area contributed by atoms with Gasteiger partial charge in [0.15, 0.2) is 5.11 Å². The molecule has 22 heavy (non-hydrogen) atoms. The molecule has 0 fully saturated rings. The Hall–Kier alpha value is -2.68. The summed E-state index contributed by atoms with van der Waals surface area (Å²) >= 11 is 5.04. The number of hydrogen-bond donors (Lipinski definition) is 2. The van der Waals surface area contributed by atoms with Crippen LogP contribution in [-0.2, 0) is 9.53 Å². The number of rotatable bonds is 3. The van der Waals surface area contributed by atoms with Crippen molar-refractivity contribution in [2.75, 3.05) is 7.11 Å². The number of nitrogens with one attached hydrogen (secondary N) is 2. The number of carbonyl (C=O) groups excluding carboxylic acids is 1. The van der Waals surface area contributed by atoms with Crippen LogP contribution in [0.5, 0.6) is 5.75 Å². The molecule has 1 atom stereocenters. The molecule has 8 nitrogen and oxygen atoms in total. The summed E-state index contributed by atoms with van der Waals surface area (Å²) in [6, 6.07) is 2.91. The van der Waals surface area contributed by atoms with Gasteiger partial charge in [-0.1, -0.05) is 6.07 Å². The van der Waals surface area contributed by atoms with Crippen LogP contribution in [0.3, 0.4) is 0 Å². The highest BCUT2D eigenvalue weighted by Gasteiger charge is 2.30. The largest absolute Gasteiger partial charge is 0.868 e. The van der Waals surface area contributed by atoms with Crippen LogP contribution >= 0.6 is 12.2 Å². The van der Waals surface area contributed by atoms with Gasteiger partial charge < -0.3 is 20.5 Å². The van der Waals surface area contributed by atoms with E-state index in [1.54, 1.807) is 6.92 Å². The summed E-state index contributed by atoms with van der Waals surface area (Å²) in [6.45, 7) is 1.65. The molecule has 1 heterocycles. The lowest BCUT2D eigenvalue weighted by atomic mass is 9.95. The van der Waals surface area contributed by atoms with Crippen LogP contribution in [0.4, 0.5) is 5.69 Å². The van der Waals surface area contributed by atoms with Gasteiger partial charge in [-0.25, -0.2) is 4.79 Å². The van der Waals surface area contributed by atoms with Gasteiger partial charge >= 0.3 is 5.97 Å². The van der Waals surface area contributed by atoms with E-state index in [-0.39, 0.29) is 10.7 Å². The molecule has 0 unspecified atom stereocenters. The van der Waals surface area contributed by atoms with Gasteiger partial charge in [0.1, 0.15) is 0 Å². The zero-order valence-corrected chi connectivity index (χ0v) is 12.5. The molecule has 0 saturated carbocycles. The molecule has 9 heteroatoms. The van der Waals surface area contributed by atoms with Gasteiger partial charge in [-0.3, -0.25) is 10.1 Å². The smallest absolute Gasteiger partial charge is 0.337 e. The molecular weight excluding hydrogens is 310 g/mol. The van der Waals surface area contributed by atoms with Crippen molar-refractivity contribution in [1.82, 2.24) is 10.6 Å². The monoisotopic (exact) mass is 322 g/mol. The Kier molecular flexibility index (Phi) is 4.27. The first-order valence-electron chi connectivity index (χ1n) is 6.17. The maximum absolute atomic E-state index is 11.9. The third-order valence-electron chi connectivity index (χ3n) is 3.19. The molecule has 0 saturated heterocycles. The van der Waals surface area contributed by atoms with Crippen LogP contribution < -0.4 is 15.7 Å². The van der Waals surface area contributed by atoms with Gasteiger partial charge in [0.05, 0.1) is 23.6 Å². The van der Waals surface area contributed by atoms with Gasteiger partial charge in [0, 0.05) is 11.8 Å². The highest BCUT2D eigenvalue weighted by atomic mass is 32.1. The van der Waals surface area contributed by atoms with Gasteiger partial charge in [-0.15, -0.1) is 0 Å². The van der Waals surface area contributed by atoms with Crippen LogP contribution in [0, 0.1) is 10.1 Å². The van der Waals surface area contributed by atoms with Crippen molar-refractivity contribution in [2.24, 2.45) is 0 Å². The minimum absolute atomic E-state index is 0.254. The van der Waals surface area contributed by atoms with Crippen molar-refractivity contribution in [3.05, 3.63) is 45.1 Å².